The highest BCUT2D eigenvalue weighted by Gasteiger charge is 2.14. The molecule has 0 aliphatic rings. The first kappa shape index (κ1) is 19.9. The van der Waals surface area contributed by atoms with E-state index in [0.717, 1.165) is 17.1 Å². The van der Waals surface area contributed by atoms with Crippen LogP contribution in [0.3, 0.4) is 0 Å². The first-order valence-electron chi connectivity index (χ1n) is 9.43. The van der Waals surface area contributed by atoms with Crippen LogP contribution in [0.15, 0.2) is 96.2 Å². The minimum atomic E-state index is -3.63. The van der Waals surface area contributed by atoms with Crippen LogP contribution < -0.4 is 9.46 Å². The molecule has 152 valence electrons. The number of hydrogen-bond donors (Lipinski definition) is 1. The third-order valence-corrected chi connectivity index (χ3v) is 6.04. The van der Waals surface area contributed by atoms with Crippen molar-refractivity contribution >= 4 is 10.0 Å². The minimum Gasteiger partial charge on any atom is -0.457 e. The Bertz CT molecular complexity index is 1220. The number of benzene rings is 3. The molecule has 1 N–H and O–H groups in total. The fraction of sp³-hybridized carbons (Fsp3) is 0.0870. The second-order valence-electron chi connectivity index (χ2n) is 6.72. The number of nitrogens with one attached hydrogen (secondary N) is 1. The zero-order valence-corrected chi connectivity index (χ0v) is 17.2. The molecule has 0 unspecified atom stereocenters. The van der Waals surface area contributed by atoms with Gasteiger partial charge in [-0.05, 0) is 61.0 Å². The molecule has 4 aromatic rings. The van der Waals surface area contributed by atoms with Crippen LogP contribution in [0, 0.1) is 6.92 Å². The fourth-order valence-corrected chi connectivity index (χ4v) is 4.02. The Morgan fingerprint density at radius 1 is 0.900 bits per heavy atom. The SMILES string of the molecule is Cc1nccn1-c1ccc(CNS(=O)(=O)c2ccc(Oc3ccccc3)cc2)cc1. The molecule has 0 bridgehead atoms. The molecule has 4 rings (SSSR count). The summed E-state index contributed by atoms with van der Waals surface area (Å²) in [6.45, 7) is 2.13. The average molecular weight is 420 g/mol. The zero-order valence-electron chi connectivity index (χ0n) is 16.4. The van der Waals surface area contributed by atoms with Crippen LogP contribution in [-0.2, 0) is 16.6 Å². The summed E-state index contributed by atoms with van der Waals surface area (Å²) in [5.41, 5.74) is 1.84. The summed E-state index contributed by atoms with van der Waals surface area (Å²) >= 11 is 0. The molecule has 0 saturated carbocycles. The molecule has 1 heterocycles. The maximum atomic E-state index is 12.6. The summed E-state index contributed by atoms with van der Waals surface area (Å²) in [7, 11) is -3.63. The van der Waals surface area contributed by atoms with Crippen molar-refractivity contribution in [2.24, 2.45) is 0 Å². The van der Waals surface area contributed by atoms with Gasteiger partial charge in [-0.3, -0.25) is 0 Å². The van der Waals surface area contributed by atoms with Gasteiger partial charge in [0.2, 0.25) is 10.0 Å². The van der Waals surface area contributed by atoms with E-state index in [9.17, 15) is 8.42 Å². The fourth-order valence-electron chi connectivity index (χ4n) is 3.00. The lowest BCUT2D eigenvalue weighted by Crippen LogP contribution is -2.23. The van der Waals surface area contributed by atoms with Crippen LogP contribution in [0.2, 0.25) is 0 Å². The molecule has 3 aromatic carbocycles. The van der Waals surface area contributed by atoms with Gasteiger partial charge in [0, 0.05) is 24.6 Å². The Kier molecular flexibility index (Phi) is 5.65. The highest BCUT2D eigenvalue weighted by molar-refractivity contribution is 7.89. The van der Waals surface area contributed by atoms with Gasteiger partial charge in [-0.15, -0.1) is 0 Å². The van der Waals surface area contributed by atoms with Gasteiger partial charge in [-0.2, -0.15) is 0 Å². The van der Waals surface area contributed by atoms with E-state index in [0.29, 0.717) is 11.5 Å². The quantitative estimate of drug-likeness (QED) is 0.480. The van der Waals surface area contributed by atoms with Crippen LogP contribution in [0.1, 0.15) is 11.4 Å². The molecule has 0 spiro atoms. The summed E-state index contributed by atoms with van der Waals surface area (Å²) < 4.78 is 35.5. The lowest BCUT2D eigenvalue weighted by molar-refractivity contribution is 0.482. The maximum absolute atomic E-state index is 12.6. The predicted molar refractivity (Wildman–Crippen MR) is 115 cm³/mol. The van der Waals surface area contributed by atoms with E-state index in [4.69, 9.17) is 4.74 Å². The Morgan fingerprint density at radius 2 is 1.57 bits per heavy atom. The highest BCUT2D eigenvalue weighted by Crippen LogP contribution is 2.22. The van der Waals surface area contributed by atoms with Crippen molar-refractivity contribution < 1.29 is 13.2 Å². The minimum absolute atomic E-state index is 0.188. The number of hydrogen-bond acceptors (Lipinski definition) is 4. The van der Waals surface area contributed by atoms with Gasteiger partial charge in [-0.1, -0.05) is 30.3 Å². The van der Waals surface area contributed by atoms with Crippen LogP contribution in [-0.4, -0.2) is 18.0 Å². The number of nitrogens with zero attached hydrogens (tertiary/aromatic N) is 2. The number of imidazole rings is 1. The van der Waals surface area contributed by atoms with E-state index in [1.165, 1.54) is 12.1 Å². The van der Waals surface area contributed by atoms with Crippen LogP contribution in [0.5, 0.6) is 11.5 Å². The third-order valence-electron chi connectivity index (χ3n) is 4.62. The van der Waals surface area contributed by atoms with Gasteiger partial charge in [0.05, 0.1) is 4.90 Å². The Labute approximate surface area is 175 Å². The predicted octanol–water partition coefficient (Wildman–Crippen LogP) is 4.45. The molecule has 0 atom stereocenters. The average Bonchev–Trinajstić information content (AvgIpc) is 3.20. The standard InChI is InChI=1S/C23H21N3O3S/c1-18-24-15-16-26(18)20-9-7-19(8-10-20)17-25-30(27,28)23-13-11-22(12-14-23)29-21-5-3-2-4-6-21/h2-16,25H,17H2,1H3. The van der Waals surface area contributed by atoms with E-state index in [2.05, 4.69) is 9.71 Å². The van der Waals surface area contributed by atoms with Crippen LogP contribution in [0.25, 0.3) is 5.69 Å². The smallest absolute Gasteiger partial charge is 0.240 e. The van der Waals surface area contributed by atoms with Crippen molar-refractivity contribution in [1.29, 1.82) is 0 Å². The topological polar surface area (TPSA) is 73.2 Å². The van der Waals surface area contributed by atoms with Crippen molar-refractivity contribution in [3.63, 3.8) is 0 Å². The van der Waals surface area contributed by atoms with Gasteiger partial charge >= 0.3 is 0 Å². The normalized spacial score (nSPS) is 11.4. The molecule has 30 heavy (non-hydrogen) atoms. The summed E-state index contributed by atoms with van der Waals surface area (Å²) in [5, 5.41) is 0. The van der Waals surface area contributed by atoms with Crippen molar-refractivity contribution in [2.45, 2.75) is 18.4 Å². The van der Waals surface area contributed by atoms with E-state index in [-0.39, 0.29) is 11.4 Å². The summed E-state index contributed by atoms with van der Waals surface area (Å²) in [6, 6.07) is 23.4. The van der Waals surface area contributed by atoms with Gasteiger partial charge in [0.15, 0.2) is 0 Å². The molecule has 0 fully saturated rings. The first-order valence-corrected chi connectivity index (χ1v) is 10.9. The van der Waals surface area contributed by atoms with Gasteiger partial charge in [0.1, 0.15) is 17.3 Å². The van der Waals surface area contributed by atoms with E-state index in [1.54, 1.807) is 18.3 Å². The number of aromatic nitrogens is 2. The van der Waals surface area contributed by atoms with Gasteiger partial charge < -0.3 is 9.30 Å². The van der Waals surface area contributed by atoms with Crippen LogP contribution >= 0.6 is 0 Å². The zero-order chi connectivity index (χ0) is 21.0. The monoisotopic (exact) mass is 419 g/mol. The Morgan fingerprint density at radius 3 is 2.20 bits per heavy atom. The largest absolute Gasteiger partial charge is 0.457 e. The van der Waals surface area contributed by atoms with Crippen molar-refractivity contribution in [3.8, 4) is 17.2 Å². The second kappa shape index (κ2) is 8.52. The summed E-state index contributed by atoms with van der Waals surface area (Å²) in [6.07, 6.45) is 3.63. The number of rotatable bonds is 7. The lowest BCUT2D eigenvalue weighted by Gasteiger charge is -2.10. The molecule has 0 aliphatic carbocycles. The molecular weight excluding hydrogens is 398 g/mol. The van der Waals surface area contributed by atoms with Crippen molar-refractivity contribution in [2.75, 3.05) is 0 Å². The number of para-hydroxylation sites is 1. The molecule has 7 heteroatoms. The highest BCUT2D eigenvalue weighted by atomic mass is 32.2. The van der Waals surface area contributed by atoms with E-state index in [1.807, 2.05) is 72.3 Å². The Balaban J connectivity index is 1.40. The maximum Gasteiger partial charge on any atom is 0.240 e. The van der Waals surface area contributed by atoms with Gasteiger partial charge in [0.25, 0.3) is 0 Å². The molecule has 6 nitrogen and oxygen atoms in total. The second-order valence-corrected chi connectivity index (χ2v) is 8.49. The molecule has 0 aliphatic heterocycles. The van der Waals surface area contributed by atoms with Crippen molar-refractivity contribution in [3.05, 3.63) is 103 Å². The first-order chi connectivity index (χ1) is 14.5. The lowest BCUT2D eigenvalue weighted by atomic mass is 10.2. The van der Waals surface area contributed by atoms with E-state index < -0.39 is 10.0 Å². The summed E-state index contributed by atoms with van der Waals surface area (Å²) in [4.78, 5) is 4.40. The van der Waals surface area contributed by atoms with Crippen molar-refractivity contribution in [1.82, 2.24) is 14.3 Å². The molecule has 0 saturated heterocycles. The molecule has 0 amide bonds. The van der Waals surface area contributed by atoms with Crippen LogP contribution in [0.4, 0.5) is 0 Å². The number of ether oxygens (including phenoxy) is 1. The Hall–Kier alpha value is -3.42. The molecule has 1 aromatic heterocycles. The summed E-state index contributed by atoms with van der Waals surface area (Å²) in [5.74, 6) is 2.16. The van der Waals surface area contributed by atoms with Gasteiger partial charge in [-0.25, -0.2) is 18.1 Å². The number of aryl methyl sites for hydroxylation is 1. The van der Waals surface area contributed by atoms with E-state index >= 15 is 0 Å². The molecule has 0 radical (unpaired) electrons. The molecular formula is C23H21N3O3S. The third kappa shape index (κ3) is 4.59. The number of sulfonamides is 1.